The molecule has 2 atom stereocenters. The zero-order chi connectivity index (χ0) is 20.4. The third kappa shape index (κ3) is 4.04. The van der Waals surface area contributed by atoms with Gasteiger partial charge in [-0.15, -0.1) is 0 Å². The molecule has 0 radical (unpaired) electrons. The van der Waals surface area contributed by atoms with Crippen molar-refractivity contribution in [2.24, 2.45) is 0 Å². The molecule has 0 spiro atoms. The Morgan fingerprint density at radius 2 is 2.07 bits per heavy atom. The van der Waals surface area contributed by atoms with Gasteiger partial charge in [-0.1, -0.05) is 13.3 Å². The van der Waals surface area contributed by atoms with Gasteiger partial charge in [0.1, 0.15) is 6.10 Å². The second kappa shape index (κ2) is 8.12. The second-order valence-electron chi connectivity index (χ2n) is 7.47. The topological polar surface area (TPSA) is 110 Å². The molecule has 2 aromatic rings. The quantitative estimate of drug-likeness (QED) is 0.475. The highest BCUT2D eigenvalue weighted by Crippen LogP contribution is 2.41. The van der Waals surface area contributed by atoms with Gasteiger partial charge in [0.05, 0.1) is 16.2 Å². The van der Waals surface area contributed by atoms with Crippen LogP contribution in [-0.2, 0) is 4.74 Å². The van der Waals surface area contributed by atoms with Crippen molar-refractivity contribution in [2.75, 3.05) is 18.1 Å². The molecule has 1 aromatic carbocycles. The summed E-state index contributed by atoms with van der Waals surface area (Å²) in [6.45, 7) is 3.78. The van der Waals surface area contributed by atoms with Crippen LogP contribution in [0, 0.1) is 10.1 Å². The zero-order valence-corrected chi connectivity index (χ0v) is 16.2. The summed E-state index contributed by atoms with van der Waals surface area (Å²) < 4.78 is 5.72. The van der Waals surface area contributed by atoms with Gasteiger partial charge in [0.25, 0.3) is 5.69 Å². The van der Waals surface area contributed by atoms with Crippen LogP contribution in [0.5, 0.6) is 0 Å². The van der Waals surface area contributed by atoms with Crippen LogP contribution in [-0.4, -0.2) is 34.0 Å². The summed E-state index contributed by atoms with van der Waals surface area (Å²) in [7, 11) is 0. The van der Waals surface area contributed by atoms with Crippen LogP contribution in [0.25, 0.3) is 0 Å². The molecule has 1 aliphatic carbocycles. The average molecular weight is 397 g/mol. The van der Waals surface area contributed by atoms with Gasteiger partial charge in [-0.05, 0) is 42.9 Å². The first-order valence-electron chi connectivity index (χ1n) is 9.86. The Morgan fingerprint density at radius 1 is 1.28 bits per heavy atom. The standard InChI is InChI=1S/C20H23N5O4/c1-13-11-17(29-19(26)14-5-7-15(8-6-14)25(27)28)18-16(13)12-21-20(23-18)24-10-4-2-3-9-22-24/h5-8,12-13,17,22H,2-4,9-11H2,1H3. The number of hydrazine groups is 1. The number of hydrogen-bond donors (Lipinski definition) is 1. The van der Waals surface area contributed by atoms with Crippen molar-refractivity contribution in [1.29, 1.82) is 0 Å². The van der Waals surface area contributed by atoms with Crippen LogP contribution in [0.15, 0.2) is 30.5 Å². The van der Waals surface area contributed by atoms with Crippen LogP contribution in [0.4, 0.5) is 11.6 Å². The Labute approximate surface area is 168 Å². The number of anilines is 1. The molecule has 1 aromatic heterocycles. The number of nitrogens with one attached hydrogen (secondary N) is 1. The number of benzene rings is 1. The molecule has 1 fully saturated rings. The minimum absolute atomic E-state index is 0.0660. The maximum atomic E-state index is 12.6. The Morgan fingerprint density at radius 3 is 2.83 bits per heavy atom. The molecule has 0 saturated carbocycles. The molecule has 2 unspecified atom stereocenters. The van der Waals surface area contributed by atoms with Crippen molar-refractivity contribution in [2.45, 2.75) is 44.6 Å². The van der Waals surface area contributed by atoms with Gasteiger partial charge >= 0.3 is 5.97 Å². The molecule has 1 N–H and O–H groups in total. The number of nitro benzene ring substituents is 1. The van der Waals surface area contributed by atoms with Gasteiger partial charge in [0.15, 0.2) is 0 Å². The van der Waals surface area contributed by atoms with Gasteiger partial charge in [0.2, 0.25) is 5.95 Å². The second-order valence-corrected chi connectivity index (χ2v) is 7.47. The van der Waals surface area contributed by atoms with E-state index in [2.05, 4.69) is 17.3 Å². The number of nitro groups is 1. The minimum Gasteiger partial charge on any atom is -0.452 e. The number of ether oxygens (including phenoxy) is 1. The summed E-state index contributed by atoms with van der Waals surface area (Å²) in [5, 5.41) is 12.7. The first-order chi connectivity index (χ1) is 14.0. The molecule has 2 heterocycles. The lowest BCUT2D eigenvalue weighted by Crippen LogP contribution is -2.39. The fourth-order valence-electron chi connectivity index (χ4n) is 3.78. The van der Waals surface area contributed by atoms with Crippen LogP contribution < -0.4 is 10.4 Å². The van der Waals surface area contributed by atoms with Gasteiger partial charge in [-0.3, -0.25) is 15.1 Å². The van der Waals surface area contributed by atoms with Crippen LogP contribution in [0.3, 0.4) is 0 Å². The average Bonchev–Trinajstić information content (AvgIpc) is 2.91. The van der Waals surface area contributed by atoms with Gasteiger partial charge < -0.3 is 4.74 Å². The first kappa shape index (κ1) is 19.3. The molecule has 4 rings (SSSR count). The van der Waals surface area contributed by atoms with Crippen molar-refractivity contribution in [1.82, 2.24) is 15.4 Å². The summed E-state index contributed by atoms with van der Waals surface area (Å²) in [5.41, 5.74) is 5.28. The lowest BCUT2D eigenvalue weighted by molar-refractivity contribution is -0.384. The van der Waals surface area contributed by atoms with Crippen molar-refractivity contribution in [3.05, 3.63) is 57.4 Å². The lowest BCUT2D eigenvalue weighted by Gasteiger charge is -2.22. The van der Waals surface area contributed by atoms with E-state index in [1.54, 1.807) is 0 Å². The Hall–Kier alpha value is -3.07. The third-order valence-electron chi connectivity index (χ3n) is 5.40. The number of fused-ring (bicyclic) bond motifs is 1. The molecule has 29 heavy (non-hydrogen) atoms. The number of nitrogens with zero attached hydrogens (tertiary/aromatic N) is 4. The third-order valence-corrected chi connectivity index (χ3v) is 5.40. The summed E-state index contributed by atoms with van der Waals surface area (Å²) in [6, 6.07) is 5.42. The van der Waals surface area contributed by atoms with E-state index < -0.39 is 17.0 Å². The molecule has 9 nitrogen and oxygen atoms in total. The maximum absolute atomic E-state index is 12.6. The highest BCUT2D eigenvalue weighted by molar-refractivity contribution is 5.89. The number of aromatic nitrogens is 2. The highest BCUT2D eigenvalue weighted by Gasteiger charge is 2.34. The fraction of sp³-hybridized carbons (Fsp3) is 0.450. The molecule has 9 heteroatoms. The van der Waals surface area contributed by atoms with E-state index >= 15 is 0 Å². The molecule has 1 saturated heterocycles. The predicted octanol–water partition coefficient (Wildman–Crippen LogP) is 3.29. The van der Waals surface area contributed by atoms with Gasteiger partial charge in [0, 0.05) is 31.4 Å². The van der Waals surface area contributed by atoms with E-state index in [-0.39, 0.29) is 17.2 Å². The number of carbonyl (C=O) groups excluding carboxylic acids is 1. The van der Waals surface area contributed by atoms with Crippen molar-refractivity contribution < 1.29 is 14.5 Å². The number of esters is 1. The van der Waals surface area contributed by atoms with E-state index in [0.29, 0.717) is 12.4 Å². The van der Waals surface area contributed by atoms with E-state index in [1.165, 1.54) is 30.7 Å². The van der Waals surface area contributed by atoms with E-state index in [0.717, 1.165) is 37.2 Å². The molecule has 152 valence electrons. The van der Waals surface area contributed by atoms with Crippen LogP contribution in [0.2, 0.25) is 0 Å². The Balaban J connectivity index is 1.53. The summed E-state index contributed by atoms with van der Waals surface area (Å²) in [6.07, 6.45) is 5.36. The summed E-state index contributed by atoms with van der Waals surface area (Å²) in [5.74, 6) is 0.264. The SMILES string of the molecule is CC1CC(OC(=O)c2ccc([N+](=O)[O-])cc2)c2nc(N3CCCCCN3)ncc21. The van der Waals surface area contributed by atoms with E-state index in [9.17, 15) is 14.9 Å². The van der Waals surface area contributed by atoms with Gasteiger partial charge in [-0.25, -0.2) is 20.2 Å². The summed E-state index contributed by atoms with van der Waals surface area (Å²) in [4.78, 5) is 32.1. The number of rotatable bonds is 4. The molecule has 0 amide bonds. The highest BCUT2D eigenvalue weighted by atomic mass is 16.6. The molecular weight excluding hydrogens is 374 g/mol. The van der Waals surface area contributed by atoms with Crippen LogP contribution in [0.1, 0.15) is 66.2 Å². The van der Waals surface area contributed by atoms with E-state index in [1.807, 2.05) is 11.2 Å². The molecule has 1 aliphatic heterocycles. The first-order valence-corrected chi connectivity index (χ1v) is 9.86. The number of non-ortho nitro benzene ring substituents is 1. The van der Waals surface area contributed by atoms with Crippen molar-refractivity contribution in [3.8, 4) is 0 Å². The molecule has 2 aliphatic rings. The van der Waals surface area contributed by atoms with Crippen molar-refractivity contribution >= 4 is 17.6 Å². The summed E-state index contributed by atoms with van der Waals surface area (Å²) >= 11 is 0. The minimum atomic E-state index is -0.516. The predicted molar refractivity (Wildman–Crippen MR) is 106 cm³/mol. The maximum Gasteiger partial charge on any atom is 0.338 e. The van der Waals surface area contributed by atoms with Crippen molar-refractivity contribution in [3.63, 3.8) is 0 Å². The number of hydrogen-bond acceptors (Lipinski definition) is 8. The monoisotopic (exact) mass is 397 g/mol. The van der Waals surface area contributed by atoms with E-state index in [4.69, 9.17) is 9.72 Å². The molecular formula is C20H23N5O4. The fourth-order valence-corrected chi connectivity index (χ4v) is 3.78. The smallest absolute Gasteiger partial charge is 0.338 e. The normalized spacial score (nSPS) is 21.3. The lowest BCUT2D eigenvalue weighted by atomic mass is 10.1. The Bertz CT molecular complexity index is 910. The van der Waals surface area contributed by atoms with Gasteiger partial charge in [-0.2, -0.15) is 0 Å². The molecule has 0 bridgehead atoms. The Kier molecular flexibility index (Phi) is 5.39. The largest absolute Gasteiger partial charge is 0.452 e. The number of carbonyl (C=O) groups is 1. The zero-order valence-electron chi connectivity index (χ0n) is 16.2. The van der Waals surface area contributed by atoms with Crippen LogP contribution >= 0.6 is 0 Å².